The lowest BCUT2D eigenvalue weighted by molar-refractivity contribution is -0.0119. The van der Waals surface area contributed by atoms with Crippen molar-refractivity contribution in [2.75, 3.05) is 18.6 Å². The molecule has 6 heteroatoms. The maximum atomic E-state index is 5.66. The largest absolute Gasteiger partial charge is 0.475 e. The Labute approximate surface area is 107 Å². The van der Waals surface area contributed by atoms with Gasteiger partial charge in [-0.05, 0) is 19.3 Å². The van der Waals surface area contributed by atoms with Crippen molar-refractivity contribution < 1.29 is 9.47 Å². The van der Waals surface area contributed by atoms with Gasteiger partial charge in [-0.1, -0.05) is 6.92 Å². The van der Waals surface area contributed by atoms with Gasteiger partial charge >= 0.3 is 0 Å². The summed E-state index contributed by atoms with van der Waals surface area (Å²) in [5, 5.41) is 0. The monoisotopic (exact) mass is 252 g/mol. The van der Waals surface area contributed by atoms with Crippen LogP contribution in [0.4, 0.5) is 5.82 Å². The van der Waals surface area contributed by atoms with Crippen LogP contribution in [0.5, 0.6) is 5.88 Å². The van der Waals surface area contributed by atoms with Crippen LogP contribution in [0.3, 0.4) is 0 Å². The van der Waals surface area contributed by atoms with Crippen LogP contribution in [0.15, 0.2) is 6.07 Å². The van der Waals surface area contributed by atoms with Gasteiger partial charge in [-0.25, -0.2) is 10.8 Å². The summed E-state index contributed by atoms with van der Waals surface area (Å²) in [5.74, 6) is 7.19. The van der Waals surface area contributed by atoms with Crippen molar-refractivity contribution in [3.63, 3.8) is 0 Å². The highest BCUT2D eigenvalue weighted by molar-refractivity contribution is 5.36. The molecule has 18 heavy (non-hydrogen) atoms. The number of hydrazine groups is 1. The number of rotatable bonds is 5. The van der Waals surface area contributed by atoms with Crippen LogP contribution in [-0.2, 0) is 11.2 Å². The number of nitrogen functional groups attached to an aromatic ring is 1. The molecule has 1 aromatic heterocycles. The molecule has 0 aliphatic carbocycles. The molecule has 0 aromatic carbocycles. The van der Waals surface area contributed by atoms with Crippen molar-refractivity contribution in [3.8, 4) is 5.88 Å². The van der Waals surface area contributed by atoms with E-state index in [1.165, 1.54) is 6.42 Å². The van der Waals surface area contributed by atoms with E-state index in [4.69, 9.17) is 15.3 Å². The second-order valence-corrected chi connectivity index (χ2v) is 4.31. The summed E-state index contributed by atoms with van der Waals surface area (Å²) in [7, 11) is 0. The first-order valence-corrected chi connectivity index (χ1v) is 6.40. The van der Waals surface area contributed by atoms with Crippen molar-refractivity contribution in [1.82, 2.24) is 9.97 Å². The zero-order valence-corrected chi connectivity index (χ0v) is 10.7. The number of nitrogens with one attached hydrogen (secondary N) is 1. The van der Waals surface area contributed by atoms with Crippen LogP contribution in [0.25, 0.3) is 0 Å². The highest BCUT2D eigenvalue weighted by atomic mass is 16.5. The molecule has 1 unspecified atom stereocenters. The molecule has 2 heterocycles. The minimum absolute atomic E-state index is 0.174. The van der Waals surface area contributed by atoms with Gasteiger partial charge in [-0.3, -0.25) is 0 Å². The van der Waals surface area contributed by atoms with E-state index in [-0.39, 0.29) is 6.10 Å². The molecule has 1 aromatic rings. The number of ether oxygens (including phenoxy) is 2. The molecule has 2 rings (SSSR count). The third kappa shape index (κ3) is 3.54. The molecule has 0 saturated carbocycles. The normalized spacial score (nSPS) is 19.6. The van der Waals surface area contributed by atoms with Gasteiger partial charge in [0.25, 0.3) is 0 Å². The Morgan fingerprint density at radius 3 is 3.06 bits per heavy atom. The van der Waals surface area contributed by atoms with Crippen LogP contribution in [-0.4, -0.2) is 29.3 Å². The third-order valence-electron chi connectivity index (χ3n) is 2.90. The zero-order valence-electron chi connectivity index (χ0n) is 10.7. The molecule has 1 aliphatic rings. The Morgan fingerprint density at radius 1 is 1.50 bits per heavy atom. The summed E-state index contributed by atoms with van der Waals surface area (Å²) >= 11 is 0. The van der Waals surface area contributed by atoms with E-state index >= 15 is 0 Å². The highest BCUT2D eigenvalue weighted by Gasteiger charge is 2.15. The van der Waals surface area contributed by atoms with E-state index in [1.54, 1.807) is 6.07 Å². The summed E-state index contributed by atoms with van der Waals surface area (Å²) in [6, 6.07) is 1.70. The second kappa shape index (κ2) is 6.51. The van der Waals surface area contributed by atoms with Gasteiger partial charge in [0.15, 0.2) is 0 Å². The van der Waals surface area contributed by atoms with Gasteiger partial charge in [-0.15, -0.1) is 0 Å². The van der Waals surface area contributed by atoms with Crippen LogP contribution in [0.2, 0.25) is 0 Å². The molecule has 3 N–H and O–H groups in total. The summed E-state index contributed by atoms with van der Waals surface area (Å²) in [4.78, 5) is 8.51. The van der Waals surface area contributed by atoms with Gasteiger partial charge in [-0.2, -0.15) is 4.98 Å². The van der Waals surface area contributed by atoms with Crippen LogP contribution >= 0.6 is 0 Å². The van der Waals surface area contributed by atoms with Crippen molar-refractivity contribution in [2.45, 2.75) is 38.7 Å². The Morgan fingerprint density at radius 2 is 2.39 bits per heavy atom. The standard InChI is InChI=1S/C12H20N4O2/c1-2-10-14-11(16-13)7-12(15-10)18-8-9-5-3-4-6-17-9/h7,9H,2-6,8,13H2,1H3,(H,14,15,16). The van der Waals surface area contributed by atoms with Crippen LogP contribution in [0, 0.1) is 0 Å². The molecule has 1 aliphatic heterocycles. The van der Waals surface area contributed by atoms with Gasteiger partial charge in [0.1, 0.15) is 18.2 Å². The first kappa shape index (κ1) is 13.0. The Bertz CT molecular complexity index is 358. The number of nitrogens with two attached hydrogens (primary N) is 1. The van der Waals surface area contributed by atoms with Gasteiger partial charge in [0, 0.05) is 19.1 Å². The van der Waals surface area contributed by atoms with E-state index in [0.717, 1.165) is 25.9 Å². The average Bonchev–Trinajstić information content (AvgIpc) is 2.45. The fourth-order valence-corrected chi connectivity index (χ4v) is 1.90. The number of hydrogen-bond acceptors (Lipinski definition) is 6. The molecule has 0 bridgehead atoms. The fraction of sp³-hybridized carbons (Fsp3) is 0.667. The van der Waals surface area contributed by atoms with Crippen LogP contribution < -0.4 is 16.0 Å². The third-order valence-corrected chi connectivity index (χ3v) is 2.90. The highest BCUT2D eigenvalue weighted by Crippen LogP contribution is 2.16. The van der Waals surface area contributed by atoms with Crippen molar-refractivity contribution in [2.24, 2.45) is 5.84 Å². The van der Waals surface area contributed by atoms with Gasteiger partial charge in [0.2, 0.25) is 5.88 Å². The minimum Gasteiger partial charge on any atom is -0.475 e. The van der Waals surface area contributed by atoms with E-state index in [9.17, 15) is 0 Å². The lowest BCUT2D eigenvalue weighted by atomic mass is 10.1. The Balaban J connectivity index is 1.94. The zero-order chi connectivity index (χ0) is 12.8. The quantitative estimate of drug-likeness (QED) is 0.606. The summed E-state index contributed by atoms with van der Waals surface area (Å²) in [6.45, 7) is 3.35. The molecule has 100 valence electrons. The first-order valence-electron chi connectivity index (χ1n) is 6.40. The van der Waals surface area contributed by atoms with Gasteiger partial charge < -0.3 is 14.9 Å². The van der Waals surface area contributed by atoms with E-state index in [1.807, 2.05) is 6.92 Å². The Kier molecular flexibility index (Phi) is 4.72. The topological polar surface area (TPSA) is 82.3 Å². The average molecular weight is 252 g/mol. The number of nitrogens with zero attached hydrogens (tertiary/aromatic N) is 2. The van der Waals surface area contributed by atoms with E-state index in [0.29, 0.717) is 24.1 Å². The maximum absolute atomic E-state index is 5.66. The minimum atomic E-state index is 0.174. The van der Waals surface area contributed by atoms with E-state index < -0.39 is 0 Å². The summed E-state index contributed by atoms with van der Waals surface area (Å²) in [6.07, 6.45) is 4.31. The molecule has 1 fully saturated rings. The van der Waals surface area contributed by atoms with E-state index in [2.05, 4.69) is 15.4 Å². The number of anilines is 1. The number of aromatic nitrogens is 2. The van der Waals surface area contributed by atoms with Crippen LogP contribution in [0.1, 0.15) is 32.0 Å². The molecule has 0 spiro atoms. The summed E-state index contributed by atoms with van der Waals surface area (Å²) < 4.78 is 11.3. The predicted molar refractivity (Wildman–Crippen MR) is 68.3 cm³/mol. The molecule has 1 saturated heterocycles. The lowest BCUT2D eigenvalue weighted by Gasteiger charge is -2.22. The van der Waals surface area contributed by atoms with Gasteiger partial charge in [0.05, 0.1) is 6.10 Å². The molecular formula is C12H20N4O2. The Hall–Kier alpha value is -1.40. The number of aryl methyl sites for hydroxylation is 1. The number of hydrogen-bond donors (Lipinski definition) is 2. The maximum Gasteiger partial charge on any atom is 0.218 e. The molecule has 0 amide bonds. The fourth-order valence-electron chi connectivity index (χ4n) is 1.90. The molecule has 6 nitrogen and oxygen atoms in total. The summed E-state index contributed by atoms with van der Waals surface area (Å²) in [5.41, 5.74) is 2.52. The second-order valence-electron chi connectivity index (χ2n) is 4.31. The van der Waals surface area contributed by atoms with Crippen molar-refractivity contribution in [1.29, 1.82) is 0 Å². The lowest BCUT2D eigenvalue weighted by Crippen LogP contribution is -2.26. The first-order chi connectivity index (χ1) is 8.81. The van der Waals surface area contributed by atoms with Crippen molar-refractivity contribution in [3.05, 3.63) is 11.9 Å². The molecule has 0 radical (unpaired) electrons. The predicted octanol–water partition coefficient (Wildman–Crippen LogP) is 1.27. The molecule has 1 atom stereocenters. The van der Waals surface area contributed by atoms with Crippen molar-refractivity contribution >= 4 is 5.82 Å². The molecular weight excluding hydrogens is 232 g/mol. The smallest absolute Gasteiger partial charge is 0.218 e. The SMILES string of the molecule is CCc1nc(NN)cc(OCC2CCCCO2)n1.